The van der Waals surface area contributed by atoms with Crippen LogP contribution in [0.25, 0.3) is 15.5 Å². The molecule has 0 aliphatic heterocycles. The quantitative estimate of drug-likeness (QED) is 0.564. The standard InChI is InChI=1S/C18H16N4OS/c1-12-7-9-14(10-8-12)23-11-16-19-20-18-22(16)21-17(24-18)15-6-4-3-5-13(15)2/h3-10H,11H2,1-2H3. The van der Waals surface area contributed by atoms with Crippen LogP contribution in [-0.4, -0.2) is 19.8 Å². The lowest BCUT2D eigenvalue weighted by atomic mass is 10.1. The molecular formula is C18H16N4OS. The molecule has 2 heterocycles. The lowest BCUT2D eigenvalue weighted by Crippen LogP contribution is -2.02. The van der Waals surface area contributed by atoms with Gasteiger partial charge in [-0.2, -0.15) is 9.61 Å². The maximum Gasteiger partial charge on any atom is 0.235 e. The largest absolute Gasteiger partial charge is 0.486 e. The molecule has 0 unspecified atom stereocenters. The van der Waals surface area contributed by atoms with Gasteiger partial charge in [-0.3, -0.25) is 0 Å². The summed E-state index contributed by atoms with van der Waals surface area (Å²) in [4.78, 5) is 0.774. The molecule has 0 N–H and O–H groups in total. The average molecular weight is 336 g/mol. The summed E-state index contributed by atoms with van der Waals surface area (Å²) < 4.78 is 7.56. The first-order valence-electron chi connectivity index (χ1n) is 7.67. The molecule has 0 bridgehead atoms. The van der Waals surface area contributed by atoms with Crippen LogP contribution in [0.3, 0.4) is 0 Å². The molecule has 0 saturated carbocycles. The molecule has 0 aliphatic carbocycles. The lowest BCUT2D eigenvalue weighted by Gasteiger charge is -2.04. The Labute approximate surface area is 143 Å². The van der Waals surface area contributed by atoms with Gasteiger partial charge < -0.3 is 4.74 Å². The second-order valence-electron chi connectivity index (χ2n) is 5.63. The highest BCUT2D eigenvalue weighted by atomic mass is 32.1. The minimum absolute atomic E-state index is 0.334. The van der Waals surface area contributed by atoms with Crippen LogP contribution in [0.2, 0.25) is 0 Å². The van der Waals surface area contributed by atoms with E-state index in [1.165, 1.54) is 22.5 Å². The summed E-state index contributed by atoms with van der Waals surface area (Å²) in [5, 5.41) is 14.0. The van der Waals surface area contributed by atoms with Gasteiger partial charge in [0.2, 0.25) is 4.96 Å². The molecule has 0 aliphatic rings. The van der Waals surface area contributed by atoms with E-state index < -0.39 is 0 Å². The van der Waals surface area contributed by atoms with Crippen molar-refractivity contribution in [3.8, 4) is 16.3 Å². The first-order valence-corrected chi connectivity index (χ1v) is 8.49. The first kappa shape index (κ1) is 14.8. The van der Waals surface area contributed by atoms with Crippen molar-refractivity contribution in [3.63, 3.8) is 0 Å². The van der Waals surface area contributed by atoms with Gasteiger partial charge >= 0.3 is 0 Å². The van der Waals surface area contributed by atoms with Gasteiger partial charge in [-0.1, -0.05) is 53.3 Å². The van der Waals surface area contributed by atoms with Crippen molar-refractivity contribution in [2.24, 2.45) is 0 Å². The molecule has 0 saturated heterocycles. The number of nitrogens with zero attached hydrogens (tertiary/aromatic N) is 4. The third-order valence-electron chi connectivity index (χ3n) is 3.82. The second-order valence-corrected chi connectivity index (χ2v) is 6.59. The van der Waals surface area contributed by atoms with Crippen LogP contribution < -0.4 is 4.74 Å². The van der Waals surface area contributed by atoms with Gasteiger partial charge in [-0.05, 0) is 31.5 Å². The lowest BCUT2D eigenvalue weighted by molar-refractivity contribution is 0.293. The van der Waals surface area contributed by atoms with E-state index in [2.05, 4.69) is 34.4 Å². The van der Waals surface area contributed by atoms with Gasteiger partial charge in [-0.25, -0.2) is 0 Å². The molecule has 0 atom stereocenters. The zero-order valence-corrected chi connectivity index (χ0v) is 14.2. The molecule has 5 nitrogen and oxygen atoms in total. The van der Waals surface area contributed by atoms with Crippen LogP contribution in [-0.2, 0) is 6.61 Å². The van der Waals surface area contributed by atoms with E-state index in [4.69, 9.17) is 4.74 Å². The van der Waals surface area contributed by atoms with Crippen molar-refractivity contribution < 1.29 is 4.74 Å². The van der Waals surface area contributed by atoms with Gasteiger partial charge in [-0.15, -0.1) is 10.2 Å². The summed E-state index contributed by atoms with van der Waals surface area (Å²) >= 11 is 1.53. The monoisotopic (exact) mass is 336 g/mol. The molecule has 0 radical (unpaired) electrons. The summed E-state index contributed by atoms with van der Waals surface area (Å²) in [7, 11) is 0. The third kappa shape index (κ3) is 2.76. The van der Waals surface area contributed by atoms with Crippen molar-refractivity contribution in [2.75, 3.05) is 0 Å². The van der Waals surface area contributed by atoms with E-state index in [-0.39, 0.29) is 0 Å². The Morgan fingerprint density at radius 1 is 1.00 bits per heavy atom. The Hall–Kier alpha value is -2.73. The summed E-state index contributed by atoms with van der Waals surface area (Å²) in [6, 6.07) is 16.2. The number of aromatic nitrogens is 4. The molecular weight excluding hydrogens is 320 g/mol. The average Bonchev–Trinajstić information content (AvgIpc) is 3.16. The van der Waals surface area contributed by atoms with Gasteiger partial charge in [0, 0.05) is 5.56 Å². The summed E-state index contributed by atoms with van der Waals surface area (Å²) in [6.45, 7) is 4.47. The molecule has 0 spiro atoms. The van der Waals surface area contributed by atoms with E-state index in [1.54, 1.807) is 4.52 Å². The molecule has 2 aromatic heterocycles. The zero-order valence-electron chi connectivity index (χ0n) is 13.4. The number of rotatable bonds is 4. The number of hydrogen-bond acceptors (Lipinski definition) is 5. The van der Waals surface area contributed by atoms with Crippen molar-refractivity contribution in [3.05, 3.63) is 65.5 Å². The minimum Gasteiger partial charge on any atom is -0.486 e. The van der Waals surface area contributed by atoms with Crippen LogP contribution in [0.1, 0.15) is 17.0 Å². The van der Waals surface area contributed by atoms with Crippen LogP contribution >= 0.6 is 11.3 Å². The van der Waals surface area contributed by atoms with Gasteiger partial charge in [0.25, 0.3) is 0 Å². The molecule has 120 valence electrons. The van der Waals surface area contributed by atoms with E-state index in [0.29, 0.717) is 12.4 Å². The maximum atomic E-state index is 5.79. The molecule has 6 heteroatoms. The Balaban J connectivity index is 1.60. The van der Waals surface area contributed by atoms with Gasteiger partial charge in [0.1, 0.15) is 17.4 Å². The smallest absolute Gasteiger partial charge is 0.235 e. The Morgan fingerprint density at radius 2 is 1.79 bits per heavy atom. The van der Waals surface area contributed by atoms with Gasteiger partial charge in [0.15, 0.2) is 5.82 Å². The van der Waals surface area contributed by atoms with E-state index in [9.17, 15) is 0 Å². The molecule has 4 rings (SSSR count). The summed E-state index contributed by atoms with van der Waals surface area (Å²) in [5.41, 5.74) is 3.52. The fourth-order valence-electron chi connectivity index (χ4n) is 2.45. The van der Waals surface area contributed by atoms with Crippen LogP contribution in [0.15, 0.2) is 48.5 Å². The number of benzene rings is 2. The summed E-state index contributed by atoms with van der Waals surface area (Å²) in [5.74, 6) is 1.51. The Bertz CT molecular complexity index is 988. The molecule has 0 fully saturated rings. The fraction of sp³-hybridized carbons (Fsp3) is 0.167. The number of hydrogen-bond donors (Lipinski definition) is 0. The van der Waals surface area contributed by atoms with Crippen molar-refractivity contribution >= 4 is 16.3 Å². The van der Waals surface area contributed by atoms with E-state index in [1.807, 2.05) is 43.3 Å². The Kier molecular flexibility index (Phi) is 3.74. The number of fused-ring (bicyclic) bond motifs is 1. The second kappa shape index (κ2) is 6.05. The van der Waals surface area contributed by atoms with Crippen molar-refractivity contribution in [1.29, 1.82) is 0 Å². The molecule has 4 aromatic rings. The van der Waals surface area contributed by atoms with Crippen LogP contribution in [0.4, 0.5) is 0 Å². The number of ether oxygens (including phenoxy) is 1. The minimum atomic E-state index is 0.334. The first-order chi connectivity index (χ1) is 11.7. The molecule has 2 aromatic carbocycles. The predicted octanol–water partition coefficient (Wildman–Crippen LogP) is 4.05. The van der Waals surface area contributed by atoms with E-state index >= 15 is 0 Å². The van der Waals surface area contributed by atoms with Crippen LogP contribution in [0.5, 0.6) is 5.75 Å². The van der Waals surface area contributed by atoms with E-state index in [0.717, 1.165) is 21.3 Å². The topological polar surface area (TPSA) is 52.3 Å². The van der Waals surface area contributed by atoms with Crippen molar-refractivity contribution in [2.45, 2.75) is 20.5 Å². The Morgan fingerprint density at radius 3 is 2.58 bits per heavy atom. The number of aryl methyl sites for hydroxylation is 2. The zero-order chi connectivity index (χ0) is 16.5. The molecule has 0 amide bonds. The highest BCUT2D eigenvalue weighted by Crippen LogP contribution is 2.28. The predicted molar refractivity (Wildman–Crippen MR) is 94.3 cm³/mol. The maximum absolute atomic E-state index is 5.79. The fourth-order valence-corrected chi connectivity index (χ4v) is 3.40. The SMILES string of the molecule is Cc1ccc(OCc2nnc3sc(-c4ccccc4C)nn23)cc1. The normalized spacial score (nSPS) is 11.1. The third-order valence-corrected chi connectivity index (χ3v) is 4.75. The highest BCUT2D eigenvalue weighted by molar-refractivity contribution is 7.19. The van der Waals surface area contributed by atoms with Crippen LogP contribution in [0, 0.1) is 13.8 Å². The van der Waals surface area contributed by atoms with Gasteiger partial charge in [0.05, 0.1) is 0 Å². The van der Waals surface area contributed by atoms with Crippen molar-refractivity contribution in [1.82, 2.24) is 19.8 Å². The highest BCUT2D eigenvalue weighted by Gasteiger charge is 2.14. The summed E-state index contributed by atoms with van der Waals surface area (Å²) in [6.07, 6.45) is 0. The molecule has 24 heavy (non-hydrogen) atoms.